The van der Waals surface area contributed by atoms with Gasteiger partial charge in [-0.2, -0.15) is 13.2 Å². The number of alkyl halides is 3. The van der Waals surface area contributed by atoms with Gasteiger partial charge in [-0.15, -0.1) is 0 Å². The molecule has 2 aromatic rings. The quantitative estimate of drug-likeness (QED) is 0.552. The van der Waals surface area contributed by atoms with Crippen LogP contribution in [0.4, 0.5) is 18.9 Å². The van der Waals surface area contributed by atoms with Crippen LogP contribution >= 0.6 is 0 Å². The highest BCUT2D eigenvalue weighted by Gasteiger charge is 2.30. The zero-order chi connectivity index (χ0) is 22.4. The molecule has 2 atom stereocenters. The molecule has 0 aliphatic carbocycles. The average molecular weight is 438 g/mol. The van der Waals surface area contributed by atoms with Crippen LogP contribution in [0, 0.1) is 11.8 Å². The summed E-state index contributed by atoms with van der Waals surface area (Å²) in [5.74, 6) is 5.72. The van der Waals surface area contributed by atoms with Gasteiger partial charge in [-0.05, 0) is 37.6 Å². The minimum Gasteiger partial charge on any atom is -0.389 e. The Hall–Kier alpha value is -2.25. The van der Waals surface area contributed by atoms with Crippen molar-refractivity contribution in [1.82, 2.24) is 14.8 Å². The van der Waals surface area contributed by atoms with Crippen molar-refractivity contribution in [2.75, 3.05) is 52.3 Å². The molecule has 6 nitrogen and oxygen atoms in total. The number of rotatable bonds is 8. The Labute approximate surface area is 180 Å². The molecule has 170 valence electrons. The Morgan fingerprint density at radius 3 is 2.87 bits per heavy atom. The number of aromatic nitrogens is 1. The summed E-state index contributed by atoms with van der Waals surface area (Å²) in [6.07, 6.45) is -4.00. The fourth-order valence-corrected chi connectivity index (χ4v) is 3.97. The van der Waals surface area contributed by atoms with Crippen LogP contribution in [0.3, 0.4) is 0 Å². The Bertz CT molecular complexity index is 932. The number of nitrogens with one attached hydrogen (secondary N) is 2. The Morgan fingerprint density at radius 1 is 1.35 bits per heavy atom. The van der Waals surface area contributed by atoms with Crippen molar-refractivity contribution in [2.45, 2.75) is 31.3 Å². The molecular weight excluding hydrogens is 409 g/mol. The van der Waals surface area contributed by atoms with E-state index in [2.05, 4.69) is 27.4 Å². The van der Waals surface area contributed by atoms with Gasteiger partial charge < -0.3 is 25.0 Å². The van der Waals surface area contributed by atoms with Gasteiger partial charge in [0.2, 0.25) is 0 Å². The molecule has 1 saturated heterocycles. The van der Waals surface area contributed by atoms with Crippen LogP contribution in [0.5, 0.6) is 0 Å². The maximum Gasteiger partial charge on any atom is 0.406 e. The minimum atomic E-state index is -4.34. The monoisotopic (exact) mass is 438 g/mol. The van der Waals surface area contributed by atoms with Crippen LogP contribution in [-0.4, -0.2) is 79.8 Å². The number of fused-ring (bicyclic) bond motifs is 1. The maximum absolute atomic E-state index is 13.2. The van der Waals surface area contributed by atoms with Gasteiger partial charge in [0, 0.05) is 43.9 Å². The van der Waals surface area contributed by atoms with E-state index in [-0.39, 0.29) is 12.6 Å². The zero-order valence-corrected chi connectivity index (χ0v) is 17.8. The van der Waals surface area contributed by atoms with Gasteiger partial charge in [-0.3, -0.25) is 4.90 Å². The fraction of sp³-hybridized carbons (Fsp3) is 0.545. The maximum atomic E-state index is 13.2. The molecule has 2 heterocycles. The molecule has 0 radical (unpaired) electrons. The lowest BCUT2D eigenvalue weighted by atomic mass is 10.1. The number of nitrogens with zero attached hydrogens (tertiary/aromatic N) is 2. The zero-order valence-electron chi connectivity index (χ0n) is 17.8. The van der Waals surface area contributed by atoms with Crippen molar-refractivity contribution >= 4 is 16.6 Å². The summed E-state index contributed by atoms with van der Waals surface area (Å²) in [5.41, 5.74) is 1.63. The topological polar surface area (TPSA) is 61.7 Å². The summed E-state index contributed by atoms with van der Waals surface area (Å²) in [7, 11) is 3.29. The lowest BCUT2D eigenvalue weighted by Crippen LogP contribution is -2.34. The number of likely N-dealkylation sites (tertiary alicyclic amines) is 1. The van der Waals surface area contributed by atoms with Crippen LogP contribution in [-0.2, 0) is 11.3 Å². The molecule has 0 bridgehead atoms. The van der Waals surface area contributed by atoms with Gasteiger partial charge in [-0.25, -0.2) is 0 Å². The number of ether oxygens (including phenoxy) is 1. The van der Waals surface area contributed by atoms with Crippen molar-refractivity contribution in [2.24, 2.45) is 0 Å². The van der Waals surface area contributed by atoms with Gasteiger partial charge in [0.25, 0.3) is 0 Å². The predicted molar refractivity (Wildman–Crippen MR) is 115 cm³/mol. The third kappa shape index (κ3) is 6.37. The van der Waals surface area contributed by atoms with E-state index in [1.54, 1.807) is 32.4 Å². The highest BCUT2D eigenvalue weighted by atomic mass is 19.4. The first-order valence-electron chi connectivity index (χ1n) is 10.3. The second kappa shape index (κ2) is 10.4. The van der Waals surface area contributed by atoms with Crippen LogP contribution < -0.4 is 10.6 Å². The van der Waals surface area contributed by atoms with Crippen molar-refractivity contribution in [3.8, 4) is 11.8 Å². The van der Waals surface area contributed by atoms with Crippen LogP contribution in [0.2, 0.25) is 0 Å². The normalized spacial score (nSPS) is 18.2. The van der Waals surface area contributed by atoms with E-state index in [0.717, 1.165) is 30.6 Å². The van der Waals surface area contributed by atoms with E-state index < -0.39 is 18.8 Å². The first-order chi connectivity index (χ1) is 14.8. The van der Waals surface area contributed by atoms with Gasteiger partial charge in [0.05, 0.1) is 30.5 Å². The van der Waals surface area contributed by atoms with Crippen LogP contribution in [0.15, 0.2) is 24.3 Å². The minimum absolute atomic E-state index is 0.144. The SMILES string of the molecule is CNCC#Cc1cc2c(NC3CCN(CC(O)COC)C3)cccc2n1CC(F)(F)F. The highest BCUT2D eigenvalue weighted by molar-refractivity contribution is 5.94. The molecule has 0 saturated carbocycles. The molecule has 3 N–H and O–H groups in total. The van der Waals surface area contributed by atoms with E-state index in [0.29, 0.717) is 24.3 Å². The Kier molecular flexibility index (Phi) is 7.84. The first-order valence-corrected chi connectivity index (χ1v) is 10.3. The summed E-state index contributed by atoms with van der Waals surface area (Å²) < 4.78 is 45.8. The number of methoxy groups -OCH3 is 1. The Balaban J connectivity index is 1.82. The lowest BCUT2D eigenvalue weighted by molar-refractivity contribution is -0.140. The molecule has 0 spiro atoms. The summed E-state index contributed by atoms with van der Waals surface area (Å²) in [6, 6.07) is 7.20. The molecule has 1 aliphatic heterocycles. The van der Waals surface area contributed by atoms with Gasteiger partial charge >= 0.3 is 6.18 Å². The number of hydrogen-bond donors (Lipinski definition) is 3. The molecule has 3 rings (SSSR count). The molecule has 2 unspecified atom stereocenters. The van der Waals surface area contributed by atoms with E-state index >= 15 is 0 Å². The molecule has 0 amide bonds. The van der Waals surface area contributed by atoms with Crippen molar-refractivity contribution in [3.05, 3.63) is 30.0 Å². The van der Waals surface area contributed by atoms with Gasteiger partial charge in [-0.1, -0.05) is 12.0 Å². The number of benzene rings is 1. The second-order valence-corrected chi connectivity index (χ2v) is 7.80. The molecule has 9 heteroatoms. The molecule has 1 aromatic carbocycles. The van der Waals surface area contributed by atoms with E-state index in [9.17, 15) is 18.3 Å². The van der Waals surface area contributed by atoms with E-state index in [1.165, 1.54) is 4.57 Å². The van der Waals surface area contributed by atoms with Crippen molar-refractivity contribution in [3.63, 3.8) is 0 Å². The smallest absolute Gasteiger partial charge is 0.389 e. The van der Waals surface area contributed by atoms with E-state index in [4.69, 9.17) is 4.74 Å². The summed E-state index contributed by atoms with van der Waals surface area (Å²) in [4.78, 5) is 2.16. The molecule has 1 aromatic heterocycles. The number of hydrogen-bond acceptors (Lipinski definition) is 5. The van der Waals surface area contributed by atoms with E-state index in [1.807, 2.05) is 6.07 Å². The fourth-order valence-electron chi connectivity index (χ4n) is 3.97. The third-order valence-corrected chi connectivity index (χ3v) is 5.22. The van der Waals surface area contributed by atoms with Gasteiger partial charge in [0.1, 0.15) is 6.54 Å². The molecule has 1 aliphatic rings. The average Bonchev–Trinajstić information content (AvgIpc) is 3.26. The number of aliphatic hydroxyl groups excluding tert-OH is 1. The number of halogens is 3. The second-order valence-electron chi connectivity index (χ2n) is 7.80. The van der Waals surface area contributed by atoms with Crippen molar-refractivity contribution < 1.29 is 23.0 Å². The number of β-amino-alcohol motifs (C(OH)–C–C–N with tert-alkyl or cyclic N) is 1. The number of aliphatic hydroxyl groups is 1. The molecular formula is C22H29F3N4O2. The lowest BCUT2D eigenvalue weighted by Gasteiger charge is -2.20. The molecule has 1 fully saturated rings. The standard InChI is InChI=1S/C22H29F3N4O2/c1-26-9-4-5-17-11-19-20(6-3-7-21(19)29(17)15-22(23,24)25)27-16-8-10-28(12-16)13-18(30)14-31-2/h3,6-7,11,16,18,26-27,30H,8-10,12-15H2,1-2H3. The van der Waals surface area contributed by atoms with Crippen LogP contribution in [0.25, 0.3) is 10.9 Å². The number of anilines is 1. The summed E-state index contributed by atoms with van der Waals surface area (Å²) >= 11 is 0. The van der Waals surface area contributed by atoms with Crippen molar-refractivity contribution in [1.29, 1.82) is 0 Å². The highest BCUT2D eigenvalue weighted by Crippen LogP contribution is 2.31. The third-order valence-electron chi connectivity index (χ3n) is 5.22. The van der Waals surface area contributed by atoms with Gasteiger partial charge in [0.15, 0.2) is 0 Å². The summed E-state index contributed by atoms with van der Waals surface area (Å²) in [5, 5.41) is 17.0. The Morgan fingerprint density at radius 2 is 2.16 bits per heavy atom. The predicted octanol–water partition coefficient (Wildman–Crippen LogP) is 2.27. The largest absolute Gasteiger partial charge is 0.406 e. The molecule has 31 heavy (non-hydrogen) atoms. The first kappa shape index (κ1) is 23.4. The summed E-state index contributed by atoms with van der Waals surface area (Å²) in [6.45, 7) is 1.71. The van der Waals surface area contributed by atoms with Crippen LogP contribution in [0.1, 0.15) is 12.1 Å².